The van der Waals surface area contributed by atoms with Crippen molar-refractivity contribution < 1.29 is 13.9 Å². The quantitative estimate of drug-likeness (QED) is 0.853. The summed E-state index contributed by atoms with van der Waals surface area (Å²) in [7, 11) is 0. The van der Waals surface area contributed by atoms with Gasteiger partial charge in [-0.1, -0.05) is 30.3 Å². The number of hydrogen-bond donors (Lipinski definition) is 1. The molecule has 1 saturated heterocycles. The number of amides is 1. The minimum absolute atomic E-state index is 0.0301. The van der Waals surface area contributed by atoms with Crippen molar-refractivity contribution in [3.8, 4) is 11.3 Å². The third-order valence-electron chi connectivity index (χ3n) is 3.99. The van der Waals surface area contributed by atoms with E-state index in [1.165, 1.54) is 0 Å². The summed E-state index contributed by atoms with van der Waals surface area (Å²) in [5, 5.41) is 2.93. The highest BCUT2D eigenvalue weighted by molar-refractivity contribution is 5.76. The van der Waals surface area contributed by atoms with Crippen LogP contribution in [0.4, 0.5) is 0 Å². The number of ether oxygens (including phenoxy) is 1. The first kappa shape index (κ1) is 15.7. The molecule has 2 heterocycles. The van der Waals surface area contributed by atoms with Crippen LogP contribution in [-0.2, 0) is 16.0 Å². The molecule has 5 nitrogen and oxygen atoms in total. The fourth-order valence-electron chi connectivity index (χ4n) is 2.72. The number of carbonyl (C=O) groups is 1. The molecule has 1 amide bonds. The maximum atomic E-state index is 11.8. The molecule has 1 unspecified atom stereocenters. The van der Waals surface area contributed by atoms with E-state index < -0.39 is 0 Å². The molecule has 0 saturated carbocycles. The fraction of sp³-hybridized carbons (Fsp3) is 0.444. The lowest BCUT2D eigenvalue weighted by atomic mass is 10.2. The van der Waals surface area contributed by atoms with E-state index in [0.717, 1.165) is 37.2 Å². The zero-order valence-corrected chi connectivity index (χ0v) is 13.2. The molecule has 1 aliphatic rings. The number of nitrogens with zero attached hydrogens (tertiary/aromatic N) is 1. The molecule has 5 heteroatoms. The molecule has 1 aromatic carbocycles. The first-order valence-electron chi connectivity index (χ1n) is 8.20. The Labute approximate surface area is 136 Å². The van der Waals surface area contributed by atoms with Crippen LogP contribution in [0.3, 0.4) is 0 Å². The van der Waals surface area contributed by atoms with Gasteiger partial charge < -0.3 is 14.5 Å². The maximum absolute atomic E-state index is 11.8. The Morgan fingerprint density at radius 2 is 2.17 bits per heavy atom. The summed E-state index contributed by atoms with van der Waals surface area (Å²) in [4.78, 5) is 16.1. The smallest absolute Gasteiger partial charge is 0.220 e. The van der Waals surface area contributed by atoms with Gasteiger partial charge in [-0.3, -0.25) is 4.79 Å². The number of oxazole rings is 1. The van der Waals surface area contributed by atoms with Gasteiger partial charge in [-0.15, -0.1) is 0 Å². The van der Waals surface area contributed by atoms with E-state index in [9.17, 15) is 4.79 Å². The van der Waals surface area contributed by atoms with Crippen molar-refractivity contribution in [2.45, 2.75) is 38.2 Å². The first-order valence-corrected chi connectivity index (χ1v) is 8.20. The lowest BCUT2D eigenvalue weighted by molar-refractivity contribution is -0.121. The molecule has 0 aliphatic carbocycles. The Kier molecular flexibility index (Phi) is 5.42. The van der Waals surface area contributed by atoms with E-state index in [4.69, 9.17) is 9.15 Å². The minimum atomic E-state index is 0.0301. The van der Waals surface area contributed by atoms with Gasteiger partial charge in [-0.05, 0) is 19.3 Å². The predicted octanol–water partition coefficient (Wildman–Crippen LogP) is 2.96. The minimum Gasteiger partial charge on any atom is -0.441 e. The molecule has 23 heavy (non-hydrogen) atoms. The topological polar surface area (TPSA) is 64.4 Å². The van der Waals surface area contributed by atoms with Crippen molar-refractivity contribution in [2.24, 2.45) is 0 Å². The highest BCUT2D eigenvalue weighted by atomic mass is 16.5. The molecule has 1 atom stereocenters. The van der Waals surface area contributed by atoms with Gasteiger partial charge in [-0.2, -0.15) is 0 Å². The summed E-state index contributed by atoms with van der Waals surface area (Å²) in [5.41, 5.74) is 0.993. The summed E-state index contributed by atoms with van der Waals surface area (Å²) in [6, 6.07) is 9.82. The lowest BCUT2D eigenvalue weighted by Gasteiger charge is -2.09. The summed E-state index contributed by atoms with van der Waals surface area (Å²) < 4.78 is 11.2. The molecule has 1 aliphatic heterocycles. The number of aryl methyl sites for hydroxylation is 1. The third-order valence-corrected chi connectivity index (χ3v) is 3.99. The second-order valence-electron chi connectivity index (χ2n) is 5.76. The van der Waals surface area contributed by atoms with Crippen molar-refractivity contribution in [1.29, 1.82) is 0 Å². The monoisotopic (exact) mass is 314 g/mol. The highest BCUT2D eigenvalue weighted by Gasteiger charge is 2.15. The Bertz CT molecular complexity index is 618. The van der Waals surface area contributed by atoms with Gasteiger partial charge in [0.1, 0.15) is 0 Å². The summed E-state index contributed by atoms with van der Waals surface area (Å²) >= 11 is 0. The van der Waals surface area contributed by atoms with E-state index in [1.54, 1.807) is 6.20 Å². The number of hydrogen-bond acceptors (Lipinski definition) is 4. The number of benzene rings is 1. The standard InChI is InChI=1S/C18H22N2O3/c21-17(19-11-10-15-7-4-12-22-15)8-9-18-20-13-16(23-18)14-5-2-1-3-6-14/h1-3,5-6,13,15H,4,7-12H2,(H,19,21). The number of carbonyl (C=O) groups excluding carboxylic acids is 1. The lowest BCUT2D eigenvalue weighted by Crippen LogP contribution is -2.27. The fourth-order valence-corrected chi connectivity index (χ4v) is 2.72. The van der Waals surface area contributed by atoms with E-state index in [-0.39, 0.29) is 5.91 Å². The molecule has 0 spiro atoms. The molecule has 1 N–H and O–H groups in total. The molecule has 1 aromatic heterocycles. The second-order valence-corrected chi connectivity index (χ2v) is 5.76. The van der Waals surface area contributed by atoms with Crippen molar-refractivity contribution in [3.05, 3.63) is 42.4 Å². The maximum Gasteiger partial charge on any atom is 0.220 e. The van der Waals surface area contributed by atoms with Crippen LogP contribution >= 0.6 is 0 Å². The zero-order valence-electron chi connectivity index (χ0n) is 13.2. The van der Waals surface area contributed by atoms with Gasteiger partial charge in [-0.25, -0.2) is 4.98 Å². The van der Waals surface area contributed by atoms with E-state index in [1.807, 2.05) is 30.3 Å². The van der Waals surface area contributed by atoms with Crippen molar-refractivity contribution in [2.75, 3.05) is 13.2 Å². The Morgan fingerprint density at radius 3 is 2.96 bits per heavy atom. The van der Waals surface area contributed by atoms with Gasteiger partial charge in [0.25, 0.3) is 0 Å². The predicted molar refractivity (Wildman–Crippen MR) is 86.9 cm³/mol. The summed E-state index contributed by atoms with van der Waals surface area (Å²) in [6.45, 7) is 1.52. The molecule has 1 fully saturated rings. The molecule has 0 radical (unpaired) electrons. The van der Waals surface area contributed by atoms with Crippen molar-refractivity contribution >= 4 is 5.91 Å². The molecular weight excluding hydrogens is 292 g/mol. The SMILES string of the molecule is O=C(CCc1ncc(-c2ccccc2)o1)NCCC1CCCO1. The zero-order chi connectivity index (χ0) is 15.9. The third kappa shape index (κ3) is 4.66. The molecular formula is C18H22N2O3. The summed E-state index contributed by atoms with van der Waals surface area (Å²) in [6.07, 6.45) is 6.05. The van der Waals surface area contributed by atoms with E-state index in [0.29, 0.717) is 31.4 Å². The molecule has 2 aromatic rings. The van der Waals surface area contributed by atoms with Gasteiger partial charge in [0, 0.05) is 31.6 Å². The van der Waals surface area contributed by atoms with Crippen LogP contribution < -0.4 is 5.32 Å². The second kappa shape index (κ2) is 7.92. The van der Waals surface area contributed by atoms with E-state index in [2.05, 4.69) is 10.3 Å². The van der Waals surface area contributed by atoms with Crippen LogP contribution in [0.2, 0.25) is 0 Å². The van der Waals surface area contributed by atoms with Gasteiger partial charge in [0.15, 0.2) is 11.7 Å². The molecule has 122 valence electrons. The number of aromatic nitrogens is 1. The van der Waals surface area contributed by atoms with Gasteiger partial charge in [0.2, 0.25) is 5.91 Å². The van der Waals surface area contributed by atoms with Crippen LogP contribution in [0.5, 0.6) is 0 Å². The number of nitrogens with one attached hydrogen (secondary N) is 1. The largest absolute Gasteiger partial charge is 0.441 e. The van der Waals surface area contributed by atoms with Crippen molar-refractivity contribution in [3.63, 3.8) is 0 Å². The van der Waals surface area contributed by atoms with Crippen LogP contribution in [-0.4, -0.2) is 30.1 Å². The van der Waals surface area contributed by atoms with Gasteiger partial charge in [0.05, 0.1) is 12.3 Å². The Morgan fingerprint density at radius 1 is 1.30 bits per heavy atom. The van der Waals surface area contributed by atoms with Crippen LogP contribution in [0.15, 0.2) is 40.9 Å². The normalized spacial score (nSPS) is 17.3. The van der Waals surface area contributed by atoms with E-state index >= 15 is 0 Å². The van der Waals surface area contributed by atoms with Gasteiger partial charge >= 0.3 is 0 Å². The summed E-state index contributed by atoms with van der Waals surface area (Å²) in [5.74, 6) is 1.36. The molecule has 0 bridgehead atoms. The highest BCUT2D eigenvalue weighted by Crippen LogP contribution is 2.20. The number of rotatable bonds is 7. The van der Waals surface area contributed by atoms with Crippen LogP contribution in [0.1, 0.15) is 31.6 Å². The first-order chi connectivity index (χ1) is 11.3. The van der Waals surface area contributed by atoms with Crippen molar-refractivity contribution in [1.82, 2.24) is 10.3 Å². The van der Waals surface area contributed by atoms with Crippen LogP contribution in [0.25, 0.3) is 11.3 Å². The molecule has 3 rings (SSSR count). The average Bonchev–Trinajstić information content (AvgIpc) is 3.25. The Balaban J connectivity index is 1.40. The average molecular weight is 314 g/mol. The van der Waals surface area contributed by atoms with Crippen LogP contribution in [0, 0.1) is 0 Å². The Hall–Kier alpha value is -2.14.